The van der Waals surface area contributed by atoms with Crippen LogP contribution >= 0.6 is 0 Å². The Labute approximate surface area is 231 Å². The van der Waals surface area contributed by atoms with Gasteiger partial charge in [-0.15, -0.1) is 10.2 Å². The molecule has 0 bridgehead atoms. The number of nitrogens with zero attached hydrogens (tertiary/aromatic N) is 3. The lowest BCUT2D eigenvalue weighted by Crippen LogP contribution is -2.10. The summed E-state index contributed by atoms with van der Waals surface area (Å²) in [5.41, 5.74) is 10.4. The van der Waals surface area contributed by atoms with Gasteiger partial charge >= 0.3 is 0 Å². The van der Waals surface area contributed by atoms with Gasteiger partial charge in [-0.25, -0.2) is 0 Å². The zero-order valence-corrected chi connectivity index (χ0v) is 23.7. The third kappa shape index (κ3) is 4.74. The van der Waals surface area contributed by atoms with Crippen LogP contribution in [0.5, 0.6) is 0 Å². The number of fused-ring (bicyclic) bond motifs is 3. The lowest BCUT2D eigenvalue weighted by Gasteiger charge is -2.19. The standard InChI is InChI=1S/C36H35N3/c1-35(2,3)27-18-14-24(15-19-27)26-10-9-11-29(22-26)39-37-33-23-32(25-16-20-28(21-17-25)36(4,5)6)30-12-7-8-13-31(30)34(33)38-39/h7-23H,1-6H3. The van der Waals surface area contributed by atoms with Gasteiger partial charge in [-0.05, 0) is 67.8 Å². The first-order valence-corrected chi connectivity index (χ1v) is 13.7. The number of hydrogen-bond acceptors (Lipinski definition) is 2. The topological polar surface area (TPSA) is 30.7 Å². The molecule has 0 radical (unpaired) electrons. The van der Waals surface area contributed by atoms with Crippen LogP contribution in [0.2, 0.25) is 0 Å². The maximum Gasteiger partial charge on any atom is 0.121 e. The summed E-state index contributed by atoms with van der Waals surface area (Å²) in [4.78, 5) is 1.77. The Morgan fingerprint density at radius 2 is 1.10 bits per heavy atom. The molecule has 6 rings (SSSR count). The minimum atomic E-state index is 0.121. The first kappa shape index (κ1) is 25.1. The molecule has 0 saturated heterocycles. The van der Waals surface area contributed by atoms with Gasteiger partial charge in [-0.1, -0.05) is 126 Å². The van der Waals surface area contributed by atoms with E-state index in [0.29, 0.717) is 0 Å². The molecule has 5 aromatic carbocycles. The summed E-state index contributed by atoms with van der Waals surface area (Å²) in [5, 5.41) is 12.2. The largest absolute Gasteiger partial charge is 0.150 e. The molecule has 0 saturated carbocycles. The maximum atomic E-state index is 4.98. The number of hydrogen-bond donors (Lipinski definition) is 0. The fourth-order valence-corrected chi connectivity index (χ4v) is 5.22. The number of aromatic nitrogens is 3. The van der Waals surface area contributed by atoms with Crippen molar-refractivity contribution in [3.05, 3.63) is 114 Å². The Kier molecular flexibility index (Phi) is 5.91. The third-order valence-corrected chi connectivity index (χ3v) is 7.62. The minimum Gasteiger partial charge on any atom is -0.150 e. The van der Waals surface area contributed by atoms with Crippen molar-refractivity contribution >= 4 is 21.8 Å². The molecule has 6 aromatic rings. The van der Waals surface area contributed by atoms with Gasteiger partial charge < -0.3 is 0 Å². The predicted molar refractivity (Wildman–Crippen MR) is 165 cm³/mol. The Hall–Kier alpha value is -4.24. The summed E-state index contributed by atoms with van der Waals surface area (Å²) >= 11 is 0. The van der Waals surface area contributed by atoms with E-state index in [1.807, 2.05) is 0 Å². The summed E-state index contributed by atoms with van der Waals surface area (Å²) in [7, 11) is 0. The van der Waals surface area contributed by atoms with E-state index >= 15 is 0 Å². The van der Waals surface area contributed by atoms with Gasteiger partial charge in [0.25, 0.3) is 0 Å². The molecule has 0 amide bonds. The van der Waals surface area contributed by atoms with Crippen LogP contribution in [0.25, 0.3) is 49.7 Å². The molecule has 0 aliphatic carbocycles. The van der Waals surface area contributed by atoms with Gasteiger partial charge in [0.15, 0.2) is 0 Å². The highest BCUT2D eigenvalue weighted by Crippen LogP contribution is 2.35. The lowest BCUT2D eigenvalue weighted by molar-refractivity contribution is 0.590. The molecule has 1 heterocycles. The lowest BCUT2D eigenvalue weighted by atomic mass is 9.86. The van der Waals surface area contributed by atoms with Crippen molar-refractivity contribution in [3.63, 3.8) is 0 Å². The molecule has 0 aliphatic rings. The van der Waals surface area contributed by atoms with E-state index in [1.54, 1.807) is 4.80 Å². The maximum absolute atomic E-state index is 4.98. The van der Waals surface area contributed by atoms with Crippen molar-refractivity contribution < 1.29 is 0 Å². The van der Waals surface area contributed by atoms with Crippen molar-refractivity contribution in [1.82, 2.24) is 15.0 Å². The molecule has 0 unspecified atom stereocenters. The zero-order valence-electron chi connectivity index (χ0n) is 23.7. The molecule has 1 aromatic heterocycles. The van der Waals surface area contributed by atoms with Crippen molar-refractivity contribution in [1.29, 1.82) is 0 Å². The highest BCUT2D eigenvalue weighted by Gasteiger charge is 2.17. The van der Waals surface area contributed by atoms with E-state index in [9.17, 15) is 0 Å². The van der Waals surface area contributed by atoms with Gasteiger partial charge in [0.05, 0.1) is 5.69 Å². The highest BCUT2D eigenvalue weighted by atomic mass is 15.5. The smallest absolute Gasteiger partial charge is 0.121 e. The van der Waals surface area contributed by atoms with E-state index in [1.165, 1.54) is 33.2 Å². The average Bonchev–Trinajstić information content (AvgIpc) is 3.37. The Morgan fingerprint density at radius 3 is 1.72 bits per heavy atom. The molecule has 0 spiro atoms. The van der Waals surface area contributed by atoms with Crippen LogP contribution in [-0.2, 0) is 10.8 Å². The second-order valence-corrected chi connectivity index (χ2v) is 12.5. The highest BCUT2D eigenvalue weighted by molar-refractivity contribution is 6.11. The van der Waals surface area contributed by atoms with Gasteiger partial charge in [0.2, 0.25) is 0 Å². The molecule has 0 N–H and O–H groups in total. The van der Waals surface area contributed by atoms with Crippen molar-refractivity contribution in [3.8, 4) is 27.9 Å². The van der Waals surface area contributed by atoms with Crippen LogP contribution in [-0.4, -0.2) is 15.0 Å². The van der Waals surface area contributed by atoms with Gasteiger partial charge in [-0.2, -0.15) is 4.80 Å². The normalized spacial score (nSPS) is 12.4. The zero-order chi connectivity index (χ0) is 27.4. The van der Waals surface area contributed by atoms with Crippen molar-refractivity contribution in [2.24, 2.45) is 0 Å². The van der Waals surface area contributed by atoms with Crippen molar-refractivity contribution in [2.75, 3.05) is 0 Å². The fourth-order valence-electron chi connectivity index (χ4n) is 5.22. The molecule has 0 aliphatic heterocycles. The fraction of sp³-hybridized carbons (Fsp3) is 0.222. The summed E-state index contributed by atoms with van der Waals surface area (Å²) < 4.78 is 0. The summed E-state index contributed by atoms with van der Waals surface area (Å²) in [6.07, 6.45) is 0. The van der Waals surface area contributed by atoms with E-state index < -0.39 is 0 Å². The molecule has 194 valence electrons. The molecule has 0 atom stereocenters. The third-order valence-electron chi connectivity index (χ3n) is 7.62. The Bertz CT molecular complexity index is 1790. The minimum absolute atomic E-state index is 0.121. The van der Waals surface area contributed by atoms with Crippen LogP contribution in [0, 0.1) is 0 Å². The van der Waals surface area contributed by atoms with Gasteiger partial charge in [-0.3, -0.25) is 0 Å². The summed E-state index contributed by atoms with van der Waals surface area (Å²) in [5.74, 6) is 0. The second-order valence-electron chi connectivity index (χ2n) is 12.5. The van der Waals surface area contributed by atoms with Crippen LogP contribution in [0.1, 0.15) is 52.7 Å². The van der Waals surface area contributed by atoms with Crippen LogP contribution in [0.15, 0.2) is 103 Å². The second kappa shape index (κ2) is 9.20. The molecule has 0 fully saturated rings. The average molecular weight is 510 g/mol. The number of rotatable bonds is 3. The van der Waals surface area contributed by atoms with E-state index in [2.05, 4.69) is 145 Å². The summed E-state index contributed by atoms with van der Waals surface area (Å²) in [6, 6.07) is 37.0. The van der Waals surface area contributed by atoms with Crippen LogP contribution in [0.4, 0.5) is 0 Å². The molecule has 39 heavy (non-hydrogen) atoms. The first-order chi connectivity index (χ1) is 18.6. The van der Waals surface area contributed by atoms with Crippen LogP contribution < -0.4 is 0 Å². The van der Waals surface area contributed by atoms with Crippen molar-refractivity contribution in [2.45, 2.75) is 52.4 Å². The van der Waals surface area contributed by atoms with E-state index in [-0.39, 0.29) is 10.8 Å². The Morgan fingerprint density at radius 1 is 0.513 bits per heavy atom. The molecule has 3 nitrogen and oxygen atoms in total. The number of benzene rings is 5. The SMILES string of the molecule is CC(C)(C)c1ccc(-c2cccc(-n3nc4cc(-c5ccc(C(C)(C)C)cc5)c5ccccc5c4n3)c2)cc1. The quantitative estimate of drug-likeness (QED) is 0.238. The molecule has 3 heteroatoms. The van der Waals surface area contributed by atoms with E-state index in [4.69, 9.17) is 10.2 Å². The van der Waals surface area contributed by atoms with E-state index in [0.717, 1.165) is 27.7 Å². The first-order valence-electron chi connectivity index (χ1n) is 13.7. The van der Waals surface area contributed by atoms with Gasteiger partial charge in [0, 0.05) is 5.39 Å². The van der Waals surface area contributed by atoms with Gasteiger partial charge in [0.1, 0.15) is 11.0 Å². The molecular formula is C36H35N3. The predicted octanol–water partition coefficient (Wildman–Crippen LogP) is 9.50. The summed E-state index contributed by atoms with van der Waals surface area (Å²) in [6.45, 7) is 13.5. The monoisotopic (exact) mass is 509 g/mol. The Balaban J connectivity index is 1.43. The van der Waals surface area contributed by atoms with Crippen LogP contribution in [0.3, 0.4) is 0 Å². The molecular weight excluding hydrogens is 474 g/mol.